The van der Waals surface area contributed by atoms with E-state index in [1.165, 1.54) is 0 Å². The molecule has 0 aliphatic carbocycles. The Labute approximate surface area is 124 Å². The molecule has 0 unspecified atom stereocenters. The fourth-order valence-corrected chi connectivity index (χ4v) is 2.49. The summed E-state index contributed by atoms with van der Waals surface area (Å²) in [5.41, 5.74) is 2.78. The van der Waals surface area contributed by atoms with Crippen LogP contribution in [0.2, 0.25) is 5.02 Å². The first-order valence-electron chi connectivity index (χ1n) is 5.74. The Hall–Kier alpha value is -1.14. The predicted octanol–water partition coefficient (Wildman–Crippen LogP) is 2.37. The highest BCUT2D eigenvalue weighted by molar-refractivity contribution is 9.10. The van der Waals surface area contributed by atoms with Crippen LogP contribution in [-0.4, -0.2) is 19.3 Å². The second kappa shape index (κ2) is 5.09. The maximum absolute atomic E-state index is 12.0. The minimum Gasteiger partial charge on any atom is -0.289 e. The van der Waals surface area contributed by atoms with Crippen molar-refractivity contribution in [2.75, 3.05) is 0 Å². The number of aryl methyl sites for hydroxylation is 3. The van der Waals surface area contributed by atoms with Gasteiger partial charge in [0, 0.05) is 12.7 Å². The molecule has 0 aliphatic heterocycles. The summed E-state index contributed by atoms with van der Waals surface area (Å²) in [5, 5.41) is 4.83. The number of aromatic nitrogens is 4. The molecule has 0 fully saturated rings. The molecule has 0 spiro atoms. The highest BCUT2D eigenvalue weighted by Crippen LogP contribution is 2.22. The van der Waals surface area contributed by atoms with Gasteiger partial charge in [-0.15, -0.1) is 0 Å². The molecule has 2 aromatic rings. The lowest BCUT2D eigenvalue weighted by Gasteiger charge is -2.12. The lowest BCUT2D eigenvalue weighted by atomic mass is 10.3. The van der Waals surface area contributed by atoms with E-state index < -0.39 is 0 Å². The molecule has 2 rings (SSSR count). The number of halogens is 2. The molecule has 102 valence electrons. The molecule has 2 aromatic heterocycles. The summed E-state index contributed by atoms with van der Waals surface area (Å²) < 4.78 is 4.11. The minimum atomic E-state index is -0.284. The smallest absolute Gasteiger partial charge is 0.289 e. The highest BCUT2D eigenvalue weighted by Gasteiger charge is 2.15. The van der Waals surface area contributed by atoms with E-state index in [-0.39, 0.29) is 5.69 Å². The van der Waals surface area contributed by atoms with Gasteiger partial charge >= 0.3 is 5.69 Å². The largest absolute Gasteiger partial charge is 0.348 e. The van der Waals surface area contributed by atoms with Crippen molar-refractivity contribution >= 4 is 27.5 Å². The summed E-state index contributed by atoms with van der Waals surface area (Å²) in [6.45, 7) is 5.86. The van der Waals surface area contributed by atoms with E-state index in [4.69, 9.17) is 11.6 Å². The molecule has 0 N–H and O–H groups in total. The quantitative estimate of drug-likeness (QED) is 0.839. The Balaban J connectivity index is 2.56. The van der Waals surface area contributed by atoms with E-state index in [1.54, 1.807) is 16.2 Å². The van der Waals surface area contributed by atoms with Gasteiger partial charge < -0.3 is 0 Å². The van der Waals surface area contributed by atoms with Crippen LogP contribution in [0.15, 0.2) is 9.27 Å². The molecule has 0 radical (unpaired) electrons. The Morgan fingerprint density at radius 2 is 1.89 bits per heavy atom. The molecule has 0 saturated heterocycles. The van der Waals surface area contributed by atoms with Crippen molar-refractivity contribution in [1.29, 1.82) is 0 Å². The first kappa shape index (κ1) is 14.3. The van der Waals surface area contributed by atoms with Gasteiger partial charge in [-0.1, -0.05) is 11.6 Å². The van der Waals surface area contributed by atoms with Crippen molar-refractivity contribution < 1.29 is 0 Å². The lowest BCUT2D eigenvalue weighted by molar-refractivity contribution is 0.623. The van der Waals surface area contributed by atoms with Gasteiger partial charge in [0.15, 0.2) is 0 Å². The first-order valence-corrected chi connectivity index (χ1v) is 6.91. The predicted molar refractivity (Wildman–Crippen MR) is 77.7 cm³/mol. The second-order valence-electron chi connectivity index (χ2n) is 4.44. The van der Waals surface area contributed by atoms with Gasteiger partial charge in [-0.3, -0.25) is 9.25 Å². The fraction of sp³-hybridized carbons (Fsp3) is 0.417. The lowest BCUT2D eigenvalue weighted by Crippen LogP contribution is -2.27. The third kappa shape index (κ3) is 2.47. The highest BCUT2D eigenvalue weighted by atomic mass is 79.9. The zero-order valence-electron chi connectivity index (χ0n) is 11.2. The van der Waals surface area contributed by atoms with Gasteiger partial charge in [-0.2, -0.15) is 10.1 Å². The van der Waals surface area contributed by atoms with Crippen LogP contribution in [0.1, 0.15) is 22.8 Å². The zero-order valence-corrected chi connectivity index (χ0v) is 13.5. The van der Waals surface area contributed by atoms with E-state index in [0.717, 1.165) is 21.6 Å². The maximum Gasteiger partial charge on any atom is 0.348 e. The van der Waals surface area contributed by atoms with Crippen molar-refractivity contribution in [3.05, 3.63) is 42.8 Å². The van der Waals surface area contributed by atoms with Crippen molar-refractivity contribution in [3.8, 4) is 0 Å². The van der Waals surface area contributed by atoms with Crippen molar-refractivity contribution in [2.24, 2.45) is 7.05 Å². The monoisotopic (exact) mass is 344 g/mol. The summed E-state index contributed by atoms with van der Waals surface area (Å²) in [4.78, 5) is 16.0. The Morgan fingerprint density at radius 3 is 2.42 bits per heavy atom. The molecule has 0 aliphatic rings. The summed E-state index contributed by atoms with van der Waals surface area (Å²) in [7, 11) is 1.81. The van der Waals surface area contributed by atoms with Crippen LogP contribution >= 0.6 is 27.5 Å². The molecule has 0 bridgehead atoms. The number of hydrogen-bond donors (Lipinski definition) is 0. The summed E-state index contributed by atoms with van der Waals surface area (Å²) in [5.74, 6) is 0. The van der Waals surface area contributed by atoms with E-state index in [1.807, 2.05) is 20.9 Å². The Bertz CT molecular complexity index is 705. The second-order valence-corrected chi connectivity index (χ2v) is 5.61. The third-order valence-electron chi connectivity index (χ3n) is 3.10. The maximum atomic E-state index is 12.0. The average molecular weight is 346 g/mol. The molecule has 0 atom stereocenters. The van der Waals surface area contributed by atoms with Crippen LogP contribution in [0, 0.1) is 20.8 Å². The number of nitrogens with zero attached hydrogens (tertiary/aromatic N) is 4. The zero-order chi connectivity index (χ0) is 14.3. The molecule has 0 aromatic carbocycles. The van der Waals surface area contributed by atoms with Gasteiger partial charge in [0.05, 0.1) is 33.1 Å². The van der Waals surface area contributed by atoms with E-state index in [0.29, 0.717) is 17.3 Å². The van der Waals surface area contributed by atoms with Crippen LogP contribution in [0.25, 0.3) is 0 Å². The normalized spacial score (nSPS) is 11.1. The van der Waals surface area contributed by atoms with Gasteiger partial charge in [0.25, 0.3) is 0 Å². The van der Waals surface area contributed by atoms with E-state index >= 15 is 0 Å². The summed E-state index contributed by atoms with van der Waals surface area (Å²) >= 11 is 9.65. The van der Waals surface area contributed by atoms with Crippen molar-refractivity contribution in [1.82, 2.24) is 19.3 Å². The molecular weight excluding hydrogens is 332 g/mol. The first-order chi connectivity index (χ1) is 8.82. The van der Waals surface area contributed by atoms with Crippen LogP contribution in [0.3, 0.4) is 0 Å². The van der Waals surface area contributed by atoms with Gasteiger partial charge in [0.2, 0.25) is 0 Å². The van der Waals surface area contributed by atoms with Crippen LogP contribution in [0.4, 0.5) is 0 Å². The molecule has 2 heterocycles. The van der Waals surface area contributed by atoms with E-state index in [2.05, 4.69) is 26.0 Å². The SMILES string of the molecule is Cc1nn(C)c(Cn2c(C)c(Br)c(C)nc2=O)c1Cl. The van der Waals surface area contributed by atoms with Crippen LogP contribution < -0.4 is 5.69 Å². The minimum absolute atomic E-state index is 0.284. The standard InChI is InChI=1S/C12H14BrClN4O/c1-6-10(13)8(3)18(12(19)15-6)5-9-11(14)7(2)16-17(9)4/h5H2,1-4H3. The molecule has 0 amide bonds. The fourth-order valence-electron chi connectivity index (χ4n) is 1.96. The number of rotatable bonds is 2. The average Bonchev–Trinajstić information content (AvgIpc) is 2.57. The van der Waals surface area contributed by atoms with Gasteiger partial charge in [-0.25, -0.2) is 4.79 Å². The Morgan fingerprint density at radius 1 is 1.26 bits per heavy atom. The van der Waals surface area contributed by atoms with Crippen LogP contribution in [-0.2, 0) is 13.6 Å². The molecule has 5 nitrogen and oxygen atoms in total. The van der Waals surface area contributed by atoms with Gasteiger partial charge in [-0.05, 0) is 36.7 Å². The Kier molecular flexibility index (Phi) is 3.82. The molecule has 0 saturated carbocycles. The topological polar surface area (TPSA) is 52.7 Å². The van der Waals surface area contributed by atoms with E-state index in [9.17, 15) is 4.79 Å². The third-order valence-corrected chi connectivity index (χ3v) is 4.74. The number of hydrogen-bond acceptors (Lipinski definition) is 3. The van der Waals surface area contributed by atoms with Crippen molar-refractivity contribution in [2.45, 2.75) is 27.3 Å². The molecular formula is C12H14BrClN4O. The summed E-state index contributed by atoms with van der Waals surface area (Å²) in [6, 6.07) is 0. The van der Waals surface area contributed by atoms with Crippen LogP contribution in [0.5, 0.6) is 0 Å². The molecule has 19 heavy (non-hydrogen) atoms. The van der Waals surface area contributed by atoms with Gasteiger partial charge in [0.1, 0.15) is 0 Å². The molecule has 7 heteroatoms. The van der Waals surface area contributed by atoms with Crippen molar-refractivity contribution in [3.63, 3.8) is 0 Å². The summed E-state index contributed by atoms with van der Waals surface area (Å²) in [6.07, 6.45) is 0.